The van der Waals surface area contributed by atoms with Gasteiger partial charge in [0.25, 0.3) is 11.5 Å². The normalized spacial score (nSPS) is 11.1. The zero-order chi connectivity index (χ0) is 29.2. The molecular formula is C31H24N6O4S. The monoisotopic (exact) mass is 576 g/mol. The summed E-state index contributed by atoms with van der Waals surface area (Å²) in [6.07, 6.45) is 0. The molecule has 0 saturated heterocycles. The highest BCUT2D eigenvalue weighted by Crippen LogP contribution is 2.27. The molecule has 0 saturated carbocycles. The van der Waals surface area contributed by atoms with Gasteiger partial charge in [-0.1, -0.05) is 24.3 Å². The minimum atomic E-state index is -0.418. The number of imidazole rings is 1. The Hall–Kier alpha value is -5.29. The molecule has 208 valence electrons. The van der Waals surface area contributed by atoms with Crippen molar-refractivity contribution in [3.8, 4) is 5.69 Å². The minimum Gasteiger partial charge on any atom is -0.465 e. The predicted octanol–water partition coefficient (Wildman–Crippen LogP) is 4.83. The van der Waals surface area contributed by atoms with Crippen LogP contribution in [0.1, 0.15) is 32.0 Å². The average Bonchev–Trinajstić information content (AvgIpc) is 3.42. The first-order chi connectivity index (χ1) is 20.4. The molecule has 42 heavy (non-hydrogen) atoms. The molecule has 10 nitrogen and oxygen atoms in total. The lowest BCUT2D eigenvalue weighted by atomic mass is 10.1. The number of aryl methyl sites for hydroxylation is 1. The maximum Gasteiger partial charge on any atom is 0.337 e. The van der Waals surface area contributed by atoms with E-state index < -0.39 is 5.97 Å². The van der Waals surface area contributed by atoms with E-state index in [9.17, 15) is 14.4 Å². The number of hydrogen-bond donors (Lipinski definition) is 2. The number of fused-ring (bicyclic) bond motifs is 2. The number of hydrogen-bond acceptors (Lipinski definition) is 8. The molecule has 0 spiro atoms. The van der Waals surface area contributed by atoms with Crippen molar-refractivity contribution in [2.24, 2.45) is 0 Å². The molecule has 6 aromatic rings. The van der Waals surface area contributed by atoms with E-state index in [0.717, 1.165) is 27.7 Å². The Morgan fingerprint density at radius 3 is 2.38 bits per heavy atom. The van der Waals surface area contributed by atoms with Gasteiger partial charge in [0.1, 0.15) is 0 Å². The molecule has 3 aromatic carbocycles. The molecule has 3 heterocycles. The van der Waals surface area contributed by atoms with Gasteiger partial charge in [0.15, 0.2) is 16.0 Å². The van der Waals surface area contributed by atoms with E-state index in [0.29, 0.717) is 32.8 Å². The second-order valence-corrected chi connectivity index (χ2v) is 10.4. The molecule has 1 amide bonds. The number of nitrogens with one attached hydrogen (secondary N) is 2. The number of aromatic amines is 1. The summed E-state index contributed by atoms with van der Waals surface area (Å²) in [6, 6.07) is 24.5. The number of benzene rings is 3. The molecule has 0 unspecified atom stereocenters. The Labute approximate surface area is 243 Å². The van der Waals surface area contributed by atoms with Gasteiger partial charge in [-0.25, -0.2) is 19.7 Å². The van der Waals surface area contributed by atoms with Crippen LogP contribution in [-0.2, 0) is 11.3 Å². The third-order valence-corrected chi connectivity index (χ3v) is 7.44. The second-order valence-electron chi connectivity index (χ2n) is 9.42. The highest BCUT2D eigenvalue weighted by atomic mass is 32.2. The van der Waals surface area contributed by atoms with E-state index in [4.69, 9.17) is 9.72 Å². The van der Waals surface area contributed by atoms with Gasteiger partial charge in [0.05, 0.1) is 35.1 Å². The first kappa shape index (κ1) is 26.9. The maximum atomic E-state index is 13.1. The predicted molar refractivity (Wildman–Crippen MR) is 159 cm³/mol. The number of carbonyl (C=O) groups excluding carboxylic acids is 2. The van der Waals surface area contributed by atoms with E-state index in [2.05, 4.69) is 20.3 Å². The number of pyridine rings is 1. The number of esters is 1. The summed E-state index contributed by atoms with van der Waals surface area (Å²) in [5.74, 6) is -0.690. The third-order valence-electron chi connectivity index (χ3n) is 6.69. The number of ether oxygens (including phenoxy) is 1. The molecule has 0 fully saturated rings. The molecule has 6 rings (SSSR count). The van der Waals surface area contributed by atoms with Crippen LogP contribution in [0.2, 0.25) is 0 Å². The molecule has 0 bridgehead atoms. The summed E-state index contributed by atoms with van der Waals surface area (Å²) in [5, 5.41) is 4.71. The Balaban J connectivity index is 1.24. The lowest BCUT2D eigenvalue weighted by Gasteiger charge is -2.12. The molecule has 0 aliphatic heterocycles. The van der Waals surface area contributed by atoms with Gasteiger partial charge in [-0.05, 0) is 78.8 Å². The van der Waals surface area contributed by atoms with E-state index in [1.807, 2.05) is 31.2 Å². The summed E-state index contributed by atoms with van der Waals surface area (Å²) < 4.78 is 6.22. The van der Waals surface area contributed by atoms with Crippen molar-refractivity contribution < 1.29 is 14.3 Å². The molecule has 0 radical (unpaired) electrons. The first-order valence-corrected chi connectivity index (χ1v) is 13.8. The maximum absolute atomic E-state index is 13.1. The number of para-hydroxylation sites is 2. The van der Waals surface area contributed by atoms with Crippen molar-refractivity contribution in [1.82, 2.24) is 29.8 Å². The summed E-state index contributed by atoms with van der Waals surface area (Å²) >= 11 is 1.29. The van der Waals surface area contributed by atoms with Crippen molar-refractivity contribution in [2.75, 3.05) is 7.11 Å². The van der Waals surface area contributed by atoms with Crippen LogP contribution in [0.3, 0.4) is 0 Å². The van der Waals surface area contributed by atoms with Crippen LogP contribution in [0.5, 0.6) is 0 Å². The number of rotatable bonds is 7. The van der Waals surface area contributed by atoms with Gasteiger partial charge in [0, 0.05) is 23.6 Å². The van der Waals surface area contributed by atoms with Crippen LogP contribution in [-0.4, -0.2) is 43.5 Å². The fraction of sp³-hybridized carbons (Fsp3) is 0.0968. The van der Waals surface area contributed by atoms with Crippen molar-refractivity contribution in [1.29, 1.82) is 0 Å². The van der Waals surface area contributed by atoms with Crippen LogP contribution < -0.4 is 10.9 Å². The van der Waals surface area contributed by atoms with Crippen LogP contribution in [0.4, 0.5) is 0 Å². The van der Waals surface area contributed by atoms with Crippen molar-refractivity contribution >= 4 is 45.7 Å². The van der Waals surface area contributed by atoms with Gasteiger partial charge in [-0.3, -0.25) is 14.2 Å². The number of carbonyl (C=O) groups is 2. The second kappa shape index (κ2) is 11.3. The van der Waals surface area contributed by atoms with E-state index >= 15 is 0 Å². The smallest absolute Gasteiger partial charge is 0.337 e. The molecule has 11 heteroatoms. The van der Waals surface area contributed by atoms with Gasteiger partial charge in [0.2, 0.25) is 0 Å². The Morgan fingerprint density at radius 2 is 1.64 bits per heavy atom. The number of H-pyrrole nitrogens is 1. The Morgan fingerprint density at radius 1 is 0.905 bits per heavy atom. The molecular weight excluding hydrogens is 552 g/mol. The van der Waals surface area contributed by atoms with E-state index in [-0.39, 0.29) is 18.0 Å². The van der Waals surface area contributed by atoms with Gasteiger partial charge < -0.3 is 15.0 Å². The van der Waals surface area contributed by atoms with Crippen LogP contribution in [0.25, 0.3) is 27.8 Å². The highest BCUT2D eigenvalue weighted by molar-refractivity contribution is 7.99. The summed E-state index contributed by atoms with van der Waals surface area (Å²) in [4.78, 5) is 54.7. The van der Waals surface area contributed by atoms with Gasteiger partial charge >= 0.3 is 5.97 Å². The van der Waals surface area contributed by atoms with Crippen LogP contribution >= 0.6 is 11.8 Å². The summed E-state index contributed by atoms with van der Waals surface area (Å²) in [6.45, 7) is 2.16. The molecule has 0 atom stereocenters. The SMILES string of the molecule is COC(=O)c1ccc(CNC(=O)c2ccc(-n3c(=O)ccc4c(C)nc(Sc5nc6ccccc6[nH]5)nc43)cc2)cc1. The molecule has 2 N–H and O–H groups in total. The molecule has 0 aliphatic carbocycles. The number of aromatic nitrogens is 5. The number of amides is 1. The number of methoxy groups -OCH3 is 1. The minimum absolute atomic E-state index is 0.257. The largest absolute Gasteiger partial charge is 0.465 e. The number of nitrogens with zero attached hydrogens (tertiary/aromatic N) is 4. The van der Waals surface area contributed by atoms with Crippen LogP contribution in [0.15, 0.2) is 100 Å². The summed E-state index contributed by atoms with van der Waals surface area (Å²) in [7, 11) is 1.33. The fourth-order valence-electron chi connectivity index (χ4n) is 4.52. The van der Waals surface area contributed by atoms with Crippen molar-refractivity contribution in [3.05, 3.63) is 118 Å². The molecule has 3 aromatic heterocycles. The van der Waals surface area contributed by atoms with Crippen molar-refractivity contribution in [2.45, 2.75) is 23.8 Å². The fourth-order valence-corrected chi connectivity index (χ4v) is 5.32. The van der Waals surface area contributed by atoms with E-state index in [1.54, 1.807) is 54.6 Å². The van der Waals surface area contributed by atoms with Gasteiger partial charge in [-0.2, -0.15) is 0 Å². The standard InChI is InChI=1S/C31H24N6O4S/c1-18-23-15-16-26(38)37(27(23)36-30(33-18)42-31-34-24-5-3-4-6-25(24)35-31)22-13-11-20(12-14-22)28(39)32-17-19-7-9-21(10-8-19)29(40)41-2/h3-16H,17H2,1-2H3,(H,32,39)(H,34,35). The van der Waals surface area contributed by atoms with Crippen molar-refractivity contribution in [3.63, 3.8) is 0 Å². The van der Waals surface area contributed by atoms with Crippen LogP contribution in [0, 0.1) is 6.92 Å². The van der Waals surface area contributed by atoms with Gasteiger partial charge in [-0.15, -0.1) is 0 Å². The average molecular weight is 577 g/mol. The Bertz CT molecular complexity index is 1980. The first-order valence-electron chi connectivity index (χ1n) is 13.0. The lowest BCUT2D eigenvalue weighted by molar-refractivity contribution is 0.0600. The highest BCUT2D eigenvalue weighted by Gasteiger charge is 2.15. The molecule has 0 aliphatic rings. The third kappa shape index (κ3) is 5.37. The zero-order valence-corrected chi connectivity index (χ0v) is 23.4. The summed E-state index contributed by atoms with van der Waals surface area (Å²) in [5.41, 5.74) is 4.96. The lowest BCUT2D eigenvalue weighted by Crippen LogP contribution is -2.23. The Kier molecular flexibility index (Phi) is 7.24. The quantitative estimate of drug-likeness (QED) is 0.204. The topological polar surface area (TPSA) is 132 Å². The zero-order valence-electron chi connectivity index (χ0n) is 22.6. The van der Waals surface area contributed by atoms with E-state index in [1.165, 1.54) is 29.5 Å².